The van der Waals surface area contributed by atoms with Gasteiger partial charge in [0.15, 0.2) is 5.82 Å². The molecule has 0 bridgehead atoms. The van der Waals surface area contributed by atoms with Gasteiger partial charge in [-0.1, -0.05) is 0 Å². The zero-order valence-electron chi connectivity index (χ0n) is 12.7. The second kappa shape index (κ2) is 5.66. The molecule has 1 spiro atoms. The highest BCUT2D eigenvalue weighted by molar-refractivity contribution is 5.94. The number of rotatable bonds is 1. The van der Waals surface area contributed by atoms with Crippen LogP contribution in [0, 0.1) is 5.82 Å². The molecule has 6 heteroatoms. The number of halogens is 1. The van der Waals surface area contributed by atoms with Crippen molar-refractivity contribution in [2.24, 2.45) is 0 Å². The van der Waals surface area contributed by atoms with E-state index in [-0.39, 0.29) is 22.9 Å². The van der Waals surface area contributed by atoms with Crippen LogP contribution in [0.5, 0.6) is 0 Å². The van der Waals surface area contributed by atoms with E-state index >= 15 is 0 Å². The summed E-state index contributed by atoms with van der Waals surface area (Å²) in [7, 11) is 1.82. The summed E-state index contributed by atoms with van der Waals surface area (Å²) < 4.78 is 13.8. The second-order valence-corrected chi connectivity index (χ2v) is 6.22. The number of carbonyl (C=O) groups excluding carboxylic acids is 2. The number of likely N-dealkylation sites (N-methyl/N-ethyl adjacent to an activating group) is 1. The van der Waals surface area contributed by atoms with E-state index in [9.17, 15) is 14.0 Å². The van der Waals surface area contributed by atoms with E-state index in [0.717, 1.165) is 31.9 Å². The molecule has 0 aromatic carbocycles. The molecule has 0 aliphatic carbocycles. The summed E-state index contributed by atoms with van der Waals surface area (Å²) in [6.45, 7) is 1.08. The van der Waals surface area contributed by atoms with Gasteiger partial charge in [0.2, 0.25) is 5.91 Å². The van der Waals surface area contributed by atoms with E-state index in [1.54, 1.807) is 9.80 Å². The molecule has 2 aliphatic heterocycles. The Kier molecular flexibility index (Phi) is 3.85. The summed E-state index contributed by atoms with van der Waals surface area (Å²) in [5.74, 6) is -0.777. The zero-order chi connectivity index (χ0) is 15.7. The topological polar surface area (TPSA) is 53.5 Å². The Bertz CT molecular complexity index is 603. The zero-order valence-corrected chi connectivity index (χ0v) is 12.7. The van der Waals surface area contributed by atoms with Gasteiger partial charge in [0.1, 0.15) is 0 Å². The van der Waals surface area contributed by atoms with Crippen molar-refractivity contribution in [2.45, 2.75) is 37.6 Å². The number of pyridine rings is 1. The van der Waals surface area contributed by atoms with Crippen molar-refractivity contribution < 1.29 is 14.0 Å². The largest absolute Gasteiger partial charge is 0.338 e. The van der Waals surface area contributed by atoms with Gasteiger partial charge in [0.25, 0.3) is 5.91 Å². The van der Waals surface area contributed by atoms with Crippen LogP contribution in [-0.2, 0) is 4.79 Å². The van der Waals surface area contributed by atoms with Crippen molar-refractivity contribution in [1.29, 1.82) is 0 Å². The lowest BCUT2D eigenvalue weighted by molar-refractivity contribution is -0.142. The predicted molar refractivity (Wildman–Crippen MR) is 78.7 cm³/mol. The minimum Gasteiger partial charge on any atom is -0.338 e. The summed E-state index contributed by atoms with van der Waals surface area (Å²) in [6, 6.07) is 1.41. The lowest BCUT2D eigenvalue weighted by Gasteiger charge is -2.50. The van der Waals surface area contributed by atoms with Gasteiger partial charge in [0, 0.05) is 32.8 Å². The molecule has 0 N–H and O–H groups in total. The highest BCUT2D eigenvalue weighted by Gasteiger charge is 2.44. The fourth-order valence-corrected chi connectivity index (χ4v) is 3.65. The van der Waals surface area contributed by atoms with E-state index in [1.807, 2.05) is 7.05 Å². The molecule has 22 heavy (non-hydrogen) atoms. The summed E-state index contributed by atoms with van der Waals surface area (Å²) in [6.07, 6.45) is 6.54. The van der Waals surface area contributed by atoms with Crippen molar-refractivity contribution in [3.63, 3.8) is 0 Å². The summed E-state index contributed by atoms with van der Waals surface area (Å²) >= 11 is 0. The monoisotopic (exact) mass is 305 g/mol. The number of hydrogen-bond donors (Lipinski definition) is 0. The van der Waals surface area contributed by atoms with Gasteiger partial charge in [-0.3, -0.25) is 14.6 Å². The van der Waals surface area contributed by atoms with Gasteiger partial charge in [-0.05, 0) is 31.7 Å². The molecule has 1 atom stereocenters. The Balaban J connectivity index is 1.83. The summed E-state index contributed by atoms with van der Waals surface area (Å²) in [5.41, 5.74) is -0.232. The third kappa shape index (κ3) is 2.46. The highest BCUT2D eigenvalue weighted by Crippen LogP contribution is 2.36. The van der Waals surface area contributed by atoms with Crippen molar-refractivity contribution in [3.05, 3.63) is 29.8 Å². The van der Waals surface area contributed by atoms with Crippen LogP contribution < -0.4 is 0 Å². The van der Waals surface area contributed by atoms with Crippen molar-refractivity contribution in [1.82, 2.24) is 14.8 Å². The Morgan fingerprint density at radius 3 is 2.91 bits per heavy atom. The average molecular weight is 305 g/mol. The first-order valence-electron chi connectivity index (χ1n) is 7.69. The Labute approximate surface area is 129 Å². The molecule has 3 heterocycles. The molecule has 0 saturated carbocycles. The maximum absolute atomic E-state index is 13.8. The molecular weight excluding hydrogens is 285 g/mol. The first kappa shape index (κ1) is 14.9. The number of likely N-dealkylation sites (tertiary alicyclic amines) is 2. The number of carbonyl (C=O) groups is 2. The molecule has 1 aromatic rings. The molecule has 118 valence electrons. The number of amides is 2. The smallest absolute Gasteiger partial charge is 0.257 e. The quantitative estimate of drug-likeness (QED) is 0.795. The maximum atomic E-state index is 13.8. The minimum absolute atomic E-state index is 0.0526. The van der Waals surface area contributed by atoms with Crippen molar-refractivity contribution in [3.8, 4) is 0 Å². The van der Waals surface area contributed by atoms with Gasteiger partial charge in [-0.15, -0.1) is 0 Å². The van der Waals surface area contributed by atoms with Crippen molar-refractivity contribution >= 4 is 11.8 Å². The molecular formula is C16H20FN3O2. The maximum Gasteiger partial charge on any atom is 0.257 e. The standard InChI is InChI=1S/C16H20FN3O2/c1-19-14(21)4-2-6-16(19)7-3-9-20(11-16)15(22)12-5-8-18-10-13(12)17/h5,8,10H,2-4,6-7,9,11H2,1H3. The molecule has 2 saturated heterocycles. The van der Waals surface area contributed by atoms with Crippen LogP contribution in [0.4, 0.5) is 4.39 Å². The van der Waals surface area contributed by atoms with E-state index in [1.165, 1.54) is 12.3 Å². The fourth-order valence-electron chi connectivity index (χ4n) is 3.65. The van der Waals surface area contributed by atoms with Crippen LogP contribution in [0.25, 0.3) is 0 Å². The summed E-state index contributed by atoms with van der Waals surface area (Å²) in [4.78, 5) is 31.8. The van der Waals surface area contributed by atoms with E-state index in [4.69, 9.17) is 0 Å². The third-order valence-corrected chi connectivity index (χ3v) is 4.96. The molecule has 5 nitrogen and oxygen atoms in total. The molecule has 2 fully saturated rings. The highest BCUT2D eigenvalue weighted by atomic mass is 19.1. The van der Waals surface area contributed by atoms with Gasteiger partial charge in [-0.25, -0.2) is 4.39 Å². The van der Waals surface area contributed by atoms with Crippen LogP contribution in [0.1, 0.15) is 42.5 Å². The first-order chi connectivity index (χ1) is 10.5. The minimum atomic E-state index is -0.597. The Hall–Kier alpha value is -1.98. The normalized spacial score (nSPS) is 25.6. The van der Waals surface area contributed by atoms with Gasteiger partial charge in [0.05, 0.1) is 17.3 Å². The third-order valence-electron chi connectivity index (χ3n) is 4.96. The molecule has 1 aromatic heterocycles. The lowest BCUT2D eigenvalue weighted by atomic mass is 9.80. The van der Waals surface area contributed by atoms with Crippen LogP contribution in [-0.4, -0.2) is 52.3 Å². The molecule has 3 rings (SSSR count). The number of hydrogen-bond acceptors (Lipinski definition) is 3. The molecule has 1 unspecified atom stereocenters. The average Bonchev–Trinajstić information content (AvgIpc) is 2.53. The van der Waals surface area contributed by atoms with E-state index in [0.29, 0.717) is 19.5 Å². The van der Waals surface area contributed by atoms with E-state index in [2.05, 4.69) is 4.98 Å². The van der Waals surface area contributed by atoms with Crippen LogP contribution in [0.15, 0.2) is 18.5 Å². The van der Waals surface area contributed by atoms with Gasteiger partial charge >= 0.3 is 0 Å². The first-order valence-corrected chi connectivity index (χ1v) is 7.69. The molecule has 2 aliphatic rings. The SMILES string of the molecule is CN1C(=O)CCCC12CCCN(C(=O)c1ccncc1F)C2. The fraction of sp³-hybridized carbons (Fsp3) is 0.562. The second-order valence-electron chi connectivity index (χ2n) is 6.22. The predicted octanol–water partition coefficient (Wildman–Crippen LogP) is 1.84. The van der Waals surface area contributed by atoms with E-state index < -0.39 is 5.82 Å². The van der Waals surface area contributed by atoms with Gasteiger partial charge < -0.3 is 9.80 Å². The lowest BCUT2D eigenvalue weighted by Crippen LogP contribution is -2.61. The van der Waals surface area contributed by atoms with Crippen LogP contribution >= 0.6 is 0 Å². The van der Waals surface area contributed by atoms with Gasteiger partial charge in [-0.2, -0.15) is 0 Å². The number of nitrogens with zero attached hydrogens (tertiary/aromatic N) is 3. The molecule has 2 amide bonds. The van der Waals surface area contributed by atoms with Crippen molar-refractivity contribution in [2.75, 3.05) is 20.1 Å². The number of piperidine rings is 2. The Morgan fingerprint density at radius 2 is 2.14 bits per heavy atom. The van der Waals surface area contributed by atoms with Crippen LogP contribution in [0.2, 0.25) is 0 Å². The summed E-state index contributed by atoms with van der Waals surface area (Å²) in [5, 5.41) is 0. The van der Waals surface area contributed by atoms with Crippen LogP contribution in [0.3, 0.4) is 0 Å². The molecule has 0 radical (unpaired) electrons. The number of aromatic nitrogens is 1. The Morgan fingerprint density at radius 1 is 1.36 bits per heavy atom.